The molecule has 2 saturated heterocycles. The Morgan fingerprint density at radius 3 is 2.74 bits per heavy atom. The van der Waals surface area contributed by atoms with E-state index in [0.717, 1.165) is 51.6 Å². The normalized spacial score (nSPS) is 20.8. The largest absolute Gasteiger partial charge is 0.466 e. The number of carbonyl (C=O) groups is 3. The van der Waals surface area contributed by atoms with Crippen LogP contribution in [0.2, 0.25) is 0 Å². The highest BCUT2D eigenvalue weighted by Crippen LogP contribution is 2.18. The minimum absolute atomic E-state index is 0.0390. The molecule has 2 amide bonds. The van der Waals surface area contributed by atoms with E-state index >= 15 is 0 Å². The number of esters is 1. The van der Waals surface area contributed by atoms with Gasteiger partial charge in [-0.05, 0) is 57.2 Å². The second-order valence-corrected chi connectivity index (χ2v) is 8.43. The highest BCUT2D eigenvalue weighted by molar-refractivity contribution is 5.88. The van der Waals surface area contributed by atoms with Crippen LogP contribution in [0.1, 0.15) is 58.3 Å². The lowest BCUT2D eigenvalue weighted by Crippen LogP contribution is -2.47. The van der Waals surface area contributed by atoms with Crippen molar-refractivity contribution in [2.75, 3.05) is 32.8 Å². The molecule has 2 rings (SSSR count). The van der Waals surface area contributed by atoms with Crippen molar-refractivity contribution >= 4 is 17.8 Å². The van der Waals surface area contributed by atoms with Gasteiger partial charge in [-0.3, -0.25) is 14.4 Å². The number of carbonyl (C=O) groups excluding carboxylic acids is 3. The van der Waals surface area contributed by atoms with Gasteiger partial charge in [0.15, 0.2) is 0 Å². The summed E-state index contributed by atoms with van der Waals surface area (Å²) in [6.07, 6.45) is 15.6. The number of nitrogens with zero attached hydrogens (tertiary/aromatic N) is 1. The molecule has 2 N–H and O–H groups in total. The standard InChI is InChI=1S/C24H37N3O4/c1-3-5-6-16-31-23(29)17-21(4-2)26-24(30)20-8-7-15-27(18-20)22(28)10-9-19-11-13-25-14-12-19/h2,9-10,19-21,25H,3,5-8,11-18H2,1H3,(H,26,30)/b10-9+/t20-,21-/m1/s1. The van der Waals surface area contributed by atoms with E-state index in [9.17, 15) is 14.4 Å². The van der Waals surface area contributed by atoms with Crippen molar-refractivity contribution in [2.24, 2.45) is 11.8 Å². The van der Waals surface area contributed by atoms with Crippen LogP contribution in [0.3, 0.4) is 0 Å². The van der Waals surface area contributed by atoms with Crippen LogP contribution >= 0.6 is 0 Å². The maximum atomic E-state index is 12.7. The lowest BCUT2D eigenvalue weighted by atomic mass is 9.95. The molecule has 2 fully saturated rings. The van der Waals surface area contributed by atoms with Gasteiger partial charge in [-0.2, -0.15) is 0 Å². The summed E-state index contributed by atoms with van der Waals surface area (Å²) in [5.41, 5.74) is 0. The Morgan fingerprint density at radius 2 is 2.03 bits per heavy atom. The number of unbranched alkanes of at least 4 members (excludes halogenated alkanes) is 2. The van der Waals surface area contributed by atoms with Crippen LogP contribution in [-0.4, -0.2) is 61.5 Å². The number of rotatable bonds is 10. The molecule has 2 aliphatic heterocycles. The van der Waals surface area contributed by atoms with Crippen molar-refractivity contribution in [1.82, 2.24) is 15.5 Å². The number of piperidine rings is 2. The molecule has 2 atom stereocenters. The van der Waals surface area contributed by atoms with Gasteiger partial charge in [-0.1, -0.05) is 31.8 Å². The van der Waals surface area contributed by atoms with Crippen molar-refractivity contribution in [3.05, 3.63) is 12.2 Å². The molecule has 0 spiro atoms. The summed E-state index contributed by atoms with van der Waals surface area (Å²) in [4.78, 5) is 39.0. The first kappa shape index (κ1) is 24.9. The smallest absolute Gasteiger partial charge is 0.308 e. The predicted molar refractivity (Wildman–Crippen MR) is 120 cm³/mol. The van der Waals surface area contributed by atoms with Crippen molar-refractivity contribution < 1.29 is 19.1 Å². The highest BCUT2D eigenvalue weighted by atomic mass is 16.5. The van der Waals surface area contributed by atoms with Gasteiger partial charge in [0, 0.05) is 13.1 Å². The van der Waals surface area contributed by atoms with Gasteiger partial charge < -0.3 is 20.3 Å². The molecule has 2 heterocycles. The van der Waals surface area contributed by atoms with E-state index in [1.54, 1.807) is 11.0 Å². The molecule has 0 saturated carbocycles. The zero-order valence-corrected chi connectivity index (χ0v) is 18.7. The predicted octanol–water partition coefficient (Wildman–Crippen LogP) is 2.02. The molecule has 7 nitrogen and oxygen atoms in total. The first-order chi connectivity index (χ1) is 15.0. The molecular formula is C24H37N3O4. The summed E-state index contributed by atoms with van der Waals surface area (Å²) in [7, 11) is 0. The molecule has 172 valence electrons. The van der Waals surface area contributed by atoms with Crippen LogP contribution < -0.4 is 10.6 Å². The first-order valence-electron chi connectivity index (χ1n) is 11.6. The Bertz CT molecular complexity index is 664. The third kappa shape index (κ3) is 9.14. The highest BCUT2D eigenvalue weighted by Gasteiger charge is 2.29. The van der Waals surface area contributed by atoms with Gasteiger partial charge in [0.05, 0.1) is 18.9 Å². The van der Waals surface area contributed by atoms with Crippen molar-refractivity contribution in [3.63, 3.8) is 0 Å². The van der Waals surface area contributed by atoms with E-state index in [4.69, 9.17) is 11.2 Å². The van der Waals surface area contributed by atoms with Crippen LogP contribution in [0, 0.1) is 24.2 Å². The third-order valence-electron chi connectivity index (χ3n) is 5.90. The molecule has 0 aromatic heterocycles. The van der Waals surface area contributed by atoms with E-state index in [1.807, 2.05) is 6.08 Å². The Hall–Kier alpha value is -2.33. The van der Waals surface area contributed by atoms with E-state index < -0.39 is 12.0 Å². The van der Waals surface area contributed by atoms with Gasteiger partial charge in [-0.15, -0.1) is 6.42 Å². The zero-order chi connectivity index (χ0) is 22.5. The molecule has 31 heavy (non-hydrogen) atoms. The fourth-order valence-electron chi connectivity index (χ4n) is 3.96. The maximum Gasteiger partial charge on any atom is 0.308 e. The Labute approximate surface area is 186 Å². The molecule has 7 heteroatoms. The van der Waals surface area contributed by atoms with E-state index in [0.29, 0.717) is 32.0 Å². The van der Waals surface area contributed by atoms with Gasteiger partial charge >= 0.3 is 5.97 Å². The number of terminal acetylenes is 1. The van der Waals surface area contributed by atoms with E-state index in [2.05, 4.69) is 23.5 Å². The van der Waals surface area contributed by atoms with Crippen LogP contribution in [0.4, 0.5) is 0 Å². The quantitative estimate of drug-likeness (QED) is 0.239. The second kappa shape index (κ2) is 13.9. The number of ether oxygens (including phenoxy) is 1. The topological polar surface area (TPSA) is 87.7 Å². The summed E-state index contributed by atoms with van der Waals surface area (Å²) >= 11 is 0. The van der Waals surface area contributed by atoms with Crippen LogP contribution in [0.25, 0.3) is 0 Å². The summed E-state index contributed by atoms with van der Waals surface area (Å²) < 4.78 is 5.18. The van der Waals surface area contributed by atoms with Crippen LogP contribution in [-0.2, 0) is 19.1 Å². The lowest BCUT2D eigenvalue weighted by molar-refractivity contribution is -0.144. The number of hydrogen-bond donors (Lipinski definition) is 2. The van der Waals surface area contributed by atoms with Gasteiger partial charge in [0.2, 0.25) is 11.8 Å². The Balaban J connectivity index is 1.78. The Kier molecular flexibility index (Phi) is 11.2. The first-order valence-corrected chi connectivity index (χ1v) is 11.6. The fraction of sp³-hybridized carbons (Fsp3) is 0.708. The van der Waals surface area contributed by atoms with Crippen LogP contribution in [0.15, 0.2) is 12.2 Å². The van der Waals surface area contributed by atoms with Crippen molar-refractivity contribution in [3.8, 4) is 12.3 Å². The molecule has 0 radical (unpaired) electrons. The van der Waals surface area contributed by atoms with Gasteiger partial charge in [0.25, 0.3) is 0 Å². The second-order valence-electron chi connectivity index (χ2n) is 8.43. The minimum atomic E-state index is -0.697. The van der Waals surface area contributed by atoms with Gasteiger partial charge in [0.1, 0.15) is 6.04 Å². The van der Waals surface area contributed by atoms with Crippen LogP contribution in [0.5, 0.6) is 0 Å². The Morgan fingerprint density at radius 1 is 1.26 bits per heavy atom. The summed E-state index contributed by atoms with van der Waals surface area (Å²) in [5.74, 6) is 1.94. The zero-order valence-electron chi connectivity index (χ0n) is 18.7. The number of likely N-dealkylation sites (tertiary alicyclic amines) is 1. The minimum Gasteiger partial charge on any atom is -0.466 e. The molecule has 2 aliphatic rings. The monoisotopic (exact) mass is 431 g/mol. The number of hydrogen-bond acceptors (Lipinski definition) is 5. The third-order valence-corrected chi connectivity index (χ3v) is 5.90. The fourth-order valence-corrected chi connectivity index (χ4v) is 3.96. The maximum absolute atomic E-state index is 12.7. The average molecular weight is 432 g/mol. The van der Waals surface area contributed by atoms with E-state index in [1.165, 1.54) is 0 Å². The molecule has 0 bridgehead atoms. The molecule has 0 unspecified atom stereocenters. The number of allylic oxidation sites excluding steroid dienone is 1. The van der Waals surface area contributed by atoms with Crippen molar-refractivity contribution in [2.45, 2.75) is 64.3 Å². The van der Waals surface area contributed by atoms with E-state index in [-0.39, 0.29) is 24.2 Å². The summed E-state index contributed by atoms with van der Waals surface area (Å²) in [6.45, 7) is 5.45. The van der Waals surface area contributed by atoms with Crippen molar-refractivity contribution in [1.29, 1.82) is 0 Å². The molecular weight excluding hydrogens is 394 g/mol. The van der Waals surface area contributed by atoms with Gasteiger partial charge in [-0.25, -0.2) is 0 Å². The average Bonchev–Trinajstić information content (AvgIpc) is 2.80. The number of amides is 2. The molecule has 0 aromatic carbocycles. The summed E-state index contributed by atoms with van der Waals surface area (Å²) in [5, 5.41) is 6.09. The SMILES string of the molecule is C#C[C@H](CC(=O)OCCCCC)NC(=O)[C@@H]1CCCN(C(=O)/C=C/C2CCNCC2)C1. The number of nitrogens with one attached hydrogen (secondary N) is 2. The summed E-state index contributed by atoms with van der Waals surface area (Å²) in [6, 6.07) is -0.697. The molecule has 0 aliphatic carbocycles. The molecule has 0 aromatic rings. The lowest BCUT2D eigenvalue weighted by Gasteiger charge is -2.32.